The molecule has 6 heteroatoms. The summed E-state index contributed by atoms with van der Waals surface area (Å²) in [5, 5.41) is 18.3. The van der Waals surface area contributed by atoms with Gasteiger partial charge in [-0.05, 0) is 26.0 Å². The van der Waals surface area contributed by atoms with Crippen molar-refractivity contribution in [3.05, 3.63) is 35.2 Å². The highest BCUT2D eigenvalue weighted by Gasteiger charge is 2.26. The average Bonchev–Trinajstić information content (AvgIpc) is 3.02. The van der Waals surface area contributed by atoms with Crippen molar-refractivity contribution < 1.29 is 14.6 Å². The zero-order valence-corrected chi connectivity index (χ0v) is 12.4. The molecule has 112 valence electrons. The van der Waals surface area contributed by atoms with Gasteiger partial charge in [0, 0.05) is 24.6 Å². The minimum atomic E-state index is -0.851. The van der Waals surface area contributed by atoms with Crippen LogP contribution in [-0.2, 0) is 13.5 Å². The molecule has 0 aliphatic carbocycles. The number of rotatable bonds is 4. The number of fused-ring (bicyclic) bond motifs is 1. The van der Waals surface area contributed by atoms with Gasteiger partial charge in [0.1, 0.15) is 23.7 Å². The summed E-state index contributed by atoms with van der Waals surface area (Å²) in [5.74, 6) is 1.50. The van der Waals surface area contributed by atoms with E-state index in [2.05, 4.69) is 10.3 Å². The van der Waals surface area contributed by atoms with Crippen LogP contribution in [0.3, 0.4) is 0 Å². The van der Waals surface area contributed by atoms with Crippen molar-refractivity contribution in [2.24, 2.45) is 7.05 Å². The fourth-order valence-corrected chi connectivity index (χ4v) is 2.65. The maximum atomic E-state index is 10.6. The van der Waals surface area contributed by atoms with Gasteiger partial charge in [0.05, 0.1) is 18.5 Å². The molecule has 1 aromatic carbocycles. The second kappa shape index (κ2) is 5.37. The van der Waals surface area contributed by atoms with E-state index in [9.17, 15) is 5.11 Å². The Balaban J connectivity index is 2.04. The van der Waals surface area contributed by atoms with Gasteiger partial charge in [-0.2, -0.15) is 0 Å². The molecule has 2 aromatic rings. The summed E-state index contributed by atoms with van der Waals surface area (Å²) in [6.07, 6.45) is 1.72. The highest BCUT2D eigenvalue weighted by atomic mass is 16.5. The van der Waals surface area contributed by atoms with E-state index in [4.69, 9.17) is 9.47 Å². The minimum Gasteiger partial charge on any atom is -0.493 e. The van der Waals surface area contributed by atoms with Gasteiger partial charge in [0.15, 0.2) is 0 Å². The third-order valence-corrected chi connectivity index (χ3v) is 3.65. The van der Waals surface area contributed by atoms with Crippen LogP contribution in [0, 0.1) is 0 Å². The number of aromatic nitrogens is 3. The number of nitrogens with zero attached hydrogens (tertiary/aromatic N) is 3. The Kier molecular flexibility index (Phi) is 3.55. The largest absolute Gasteiger partial charge is 0.493 e. The number of ether oxygens (including phenoxy) is 2. The van der Waals surface area contributed by atoms with Crippen LogP contribution in [0.4, 0.5) is 0 Å². The van der Waals surface area contributed by atoms with E-state index < -0.39 is 6.10 Å². The lowest BCUT2D eigenvalue weighted by Gasteiger charge is -2.17. The van der Waals surface area contributed by atoms with Crippen LogP contribution in [0.1, 0.15) is 36.8 Å². The van der Waals surface area contributed by atoms with E-state index >= 15 is 0 Å². The van der Waals surface area contributed by atoms with E-state index in [0.717, 1.165) is 17.7 Å². The molecule has 2 heterocycles. The quantitative estimate of drug-likeness (QED) is 0.926. The molecular formula is C15H19N3O3. The standard InChI is InChI=1S/C15H19N3O3/c1-4-20-14-6-10-5-9(2)21-13(10)7-11(14)15(19)12-8-16-17-18(12)3/h6-9,15,19H,4-5H2,1-3H3. The van der Waals surface area contributed by atoms with Gasteiger partial charge < -0.3 is 14.6 Å². The lowest BCUT2D eigenvalue weighted by Crippen LogP contribution is -2.09. The number of aryl methyl sites for hydroxylation is 1. The summed E-state index contributed by atoms with van der Waals surface area (Å²) in [5.41, 5.74) is 2.40. The van der Waals surface area contributed by atoms with Crippen molar-refractivity contribution in [1.29, 1.82) is 0 Å². The highest BCUT2D eigenvalue weighted by Crippen LogP contribution is 2.39. The molecule has 3 rings (SSSR count). The van der Waals surface area contributed by atoms with Gasteiger partial charge in [0.2, 0.25) is 0 Å². The highest BCUT2D eigenvalue weighted by molar-refractivity contribution is 5.50. The number of hydrogen-bond donors (Lipinski definition) is 1. The first-order valence-corrected chi connectivity index (χ1v) is 7.09. The second-order valence-electron chi connectivity index (χ2n) is 5.25. The van der Waals surface area contributed by atoms with Crippen LogP contribution in [0.5, 0.6) is 11.5 Å². The minimum absolute atomic E-state index is 0.153. The predicted molar refractivity (Wildman–Crippen MR) is 76.5 cm³/mol. The molecule has 0 radical (unpaired) electrons. The van der Waals surface area contributed by atoms with Gasteiger partial charge in [-0.3, -0.25) is 0 Å². The first kappa shape index (κ1) is 13.9. The molecule has 2 unspecified atom stereocenters. The zero-order valence-electron chi connectivity index (χ0n) is 12.4. The van der Waals surface area contributed by atoms with Crippen LogP contribution in [0.2, 0.25) is 0 Å². The molecule has 6 nitrogen and oxygen atoms in total. The fourth-order valence-electron chi connectivity index (χ4n) is 2.65. The van der Waals surface area contributed by atoms with Crippen LogP contribution in [0.25, 0.3) is 0 Å². The van der Waals surface area contributed by atoms with Crippen molar-refractivity contribution >= 4 is 0 Å². The Morgan fingerprint density at radius 1 is 1.52 bits per heavy atom. The van der Waals surface area contributed by atoms with E-state index in [1.807, 2.05) is 26.0 Å². The molecule has 1 aromatic heterocycles. The van der Waals surface area contributed by atoms with Gasteiger partial charge in [-0.15, -0.1) is 5.10 Å². The topological polar surface area (TPSA) is 69.4 Å². The molecule has 0 saturated carbocycles. The second-order valence-corrected chi connectivity index (χ2v) is 5.25. The Hall–Kier alpha value is -2.08. The molecular weight excluding hydrogens is 270 g/mol. The van der Waals surface area contributed by atoms with Crippen LogP contribution in [-0.4, -0.2) is 32.8 Å². The lowest BCUT2D eigenvalue weighted by atomic mass is 10.0. The zero-order chi connectivity index (χ0) is 15.0. The van der Waals surface area contributed by atoms with Gasteiger partial charge in [-0.25, -0.2) is 4.68 Å². The SMILES string of the molecule is CCOc1cc2c(cc1C(O)c1cnnn1C)OC(C)C2. The number of aliphatic hydroxyl groups excluding tert-OH is 1. The normalized spacial score (nSPS) is 18.2. The van der Waals surface area contributed by atoms with Crippen molar-refractivity contribution in [3.63, 3.8) is 0 Å². The Morgan fingerprint density at radius 3 is 3.00 bits per heavy atom. The molecule has 1 N–H and O–H groups in total. The Labute approximate surface area is 123 Å². The molecule has 0 spiro atoms. The van der Waals surface area contributed by atoms with Gasteiger partial charge in [0.25, 0.3) is 0 Å². The van der Waals surface area contributed by atoms with E-state index in [0.29, 0.717) is 23.6 Å². The maximum Gasteiger partial charge on any atom is 0.126 e. The predicted octanol–water partition coefficient (Wildman–Crippen LogP) is 1.62. The molecule has 1 aliphatic rings. The van der Waals surface area contributed by atoms with Gasteiger partial charge in [-0.1, -0.05) is 5.21 Å². The molecule has 2 atom stereocenters. The molecule has 0 amide bonds. The van der Waals surface area contributed by atoms with Crippen molar-refractivity contribution in [2.75, 3.05) is 6.61 Å². The molecule has 0 bridgehead atoms. The summed E-state index contributed by atoms with van der Waals surface area (Å²) in [6, 6.07) is 3.83. The van der Waals surface area contributed by atoms with Crippen molar-refractivity contribution in [3.8, 4) is 11.5 Å². The first-order chi connectivity index (χ1) is 10.1. The van der Waals surface area contributed by atoms with E-state index in [1.54, 1.807) is 17.9 Å². The lowest BCUT2D eigenvalue weighted by molar-refractivity contribution is 0.201. The third kappa shape index (κ3) is 2.47. The van der Waals surface area contributed by atoms with Crippen molar-refractivity contribution in [1.82, 2.24) is 15.0 Å². The number of hydrogen-bond acceptors (Lipinski definition) is 5. The molecule has 0 saturated heterocycles. The van der Waals surface area contributed by atoms with Crippen LogP contribution < -0.4 is 9.47 Å². The maximum absolute atomic E-state index is 10.6. The summed E-state index contributed by atoms with van der Waals surface area (Å²) >= 11 is 0. The number of benzene rings is 1. The summed E-state index contributed by atoms with van der Waals surface area (Å²) in [6.45, 7) is 4.49. The van der Waals surface area contributed by atoms with Crippen LogP contribution in [0.15, 0.2) is 18.3 Å². The summed E-state index contributed by atoms with van der Waals surface area (Å²) in [7, 11) is 1.75. The number of aliphatic hydroxyl groups is 1. The molecule has 21 heavy (non-hydrogen) atoms. The van der Waals surface area contributed by atoms with Crippen LogP contribution >= 0.6 is 0 Å². The first-order valence-electron chi connectivity index (χ1n) is 7.09. The third-order valence-electron chi connectivity index (χ3n) is 3.65. The smallest absolute Gasteiger partial charge is 0.126 e. The van der Waals surface area contributed by atoms with E-state index in [-0.39, 0.29) is 6.10 Å². The van der Waals surface area contributed by atoms with E-state index in [1.165, 1.54) is 0 Å². The molecule has 1 aliphatic heterocycles. The Morgan fingerprint density at radius 2 is 2.33 bits per heavy atom. The Bertz CT molecular complexity index is 654. The average molecular weight is 289 g/mol. The summed E-state index contributed by atoms with van der Waals surface area (Å²) in [4.78, 5) is 0. The van der Waals surface area contributed by atoms with Crippen molar-refractivity contribution in [2.45, 2.75) is 32.5 Å². The molecule has 0 fully saturated rings. The summed E-state index contributed by atoms with van der Waals surface area (Å²) < 4.78 is 13.0. The fraction of sp³-hybridized carbons (Fsp3) is 0.467. The van der Waals surface area contributed by atoms with Gasteiger partial charge >= 0.3 is 0 Å². The monoisotopic (exact) mass is 289 g/mol.